The van der Waals surface area contributed by atoms with E-state index in [1.54, 1.807) is 13.0 Å². The molecule has 21 heavy (non-hydrogen) atoms. The number of hydrogen-bond acceptors (Lipinski definition) is 3. The number of esters is 1. The predicted octanol–water partition coefficient (Wildman–Crippen LogP) is 4.18. The average Bonchev–Trinajstić information content (AvgIpc) is 2.48. The zero-order valence-electron chi connectivity index (χ0n) is 11.6. The summed E-state index contributed by atoms with van der Waals surface area (Å²) in [5, 5.41) is 14.0. The molecule has 104 valence electrons. The normalized spacial score (nSPS) is 10.7. The number of benzene rings is 3. The van der Waals surface area contributed by atoms with Crippen molar-refractivity contribution >= 4 is 27.5 Å². The maximum atomic E-state index is 11.6. The van der Waals surface area contributed by atoms with Gasteiger partial charge in [-0.15, -0.1) is 0 Å². The molecule has 3 aromatic carbocycles. The Morgan fingerprint density at radius 1 is 1.05 bits per heavy atom. The van der Waals surface area contributed by atoms with Gasteiger partial charge in [0.2, 0.25) is 0 Å². The molecule has 3 rings (SSSR count). The average molecular weight is 278 g/mol. The number of phenolic OH excluding ortho intramolecular Hbond substituents is 1. The Balaban J connectivity index is 2.17. The lowest BCUT2D eigenvalue weighted by atomic mass is 10.0. The Morgan fingerprint density at radius 3 is 2.38 bits per heavy atom. The second kappa shape index (κ2) is 4.94. The van der Waals surface area contributed by atoms with Gasteiger partial charge in [0.05, 0.1) is 0 Å². The standard InChI is InChI=1S/C18H14O3/c1-11(2)18(20)21-16-8-7-14-9-12-5-3-4-6-13(12)10-15(14)17(16)19/h3-10,19H,1H2,2H3. The second-order valence-corrected chi connectivity index (χ2v) is 5.00. The minimum Gasteiger partial charge on any atom is -0.504 e. The highest BCUT2D eigenvalue weighted by Crippen LogP contribution is 2.36. The molecule has 0 spiro atoms. The third-order valence-electron chi connectivity index (χ3n) is 3.37. The number of phenols is 1. The van der Waals surface area contributed by atoms with Crippen molar-refractivity contribution in [1.82, 2.24) is 0 Å². The smallest absolute Gasteiger partial charge is 0.338 e. The number of ether oxygens (including phenoxy) is 1. The van der Waals surface area contributed by atoms with E-state index in [0.29, 0.717) is 5.39 Å². The summed E-state index contributed by atoms with van der Waals surface area (Å²) in [6.45, 7) is 5.09. The Hall–Kier alpha value is -2.81. The summed E-state index contributed by atoms with van der Waals surface area (Å²) >= 11 is 0. The van der Waals surface area contributed by atoms with E-state index in [2.05, 4.69) is 6.58 Å². The van der Waals surface area contributed by atoms with Crippen LogP contribution in [0.25, 0.3) is 21.5 Å². The Labute approximate surface area is 122 Å². The Bertz CT molecular complexity index is 878. The van der Waals surface area contributed by atoms with Crippen LogP contribution in [-0.4, -0.2) is 11.1 Å². The highest BCUT2D eigenvalue weighted by atomic mass is 16.5. The lowest BCUT2D eigenvalue weighted by Gasteiger charge is -2.09. The summed E-state index contributed by atoms with van der Waals surface area (Å²) in [5.41, 5.74) is 0.285. The van der Waals surface area contributed by atoms with E-state index >= 15 is 0 Å². The van der Waals surface area contributed by atoms with Crippen molar-refractivity contribution in [1.29, 1.82) is 0 Å². The number of aromatic hydroxyl groups is 1. The van der Waals surface area contributed by atoms with Crippen LogP contribution in [-0.2, 0) is 4.79 Å². The van der Waals surface area contributed by atoms with E-state index in [1.807, 2.05) is 42.5 Å². The third kappa shape index (κ3) is 2.34. The molecule has 0 saturated carbocycles. The van der Waals surface area contributed by atoms with Crippen molar-refractivity contribution in [2.45, 2.75) is 6.92 Å². The van der Waals surface area contributed by atoms with Crippen LogP contribution in [0.3, 0.4) is 0 Å². The molecule has 1 N–H and O–H groups in total. The minimum atomic E-state index is -0.551. The van der Waals surface area contributed by atoms with Gasteiger partial charge in [-0.2, -0.15) is 0 Å². The zero-order valence-corrected chi connectivity index (χ0v) is 11.6. The number of hydrogen-bond donors (Lipinski definition) is 1. The van der Waals surface area contributed by atoms with Gasteiger partial charge >= 0.3 is 5.97 Å². The first kappa shape index (κ1) is 13.2. The molecule has 0 aliphatic carbocycles. The van der Waals surface area contributed by atoms with Gasteiger partial charge in [-0.25, -0.2) is 4.79 Å². The van der Waals surface area contributed by atoms with Gasteiger partial charge in [-0.3, -0.25) is 0 Å². The molecular weight excluding hydrogens is 264 g/mol. The van der Waals surface area contributed by atoms with Gasteiger partial charge in [0.15, 0.2) is 11.5 Å². The van der Waals surface area contributed by atoms with Gasteiger partial charge in [-0.1, -0.05) is 36.9 Å². The van der Waals surface area contributed by atoms with Crippen LogP contribution < -0.4 is 4.74 Å². The van der Waals surface area contributed by atoms with Crippen LogP contribution in [0.15, 0.2) is 60.7 Å². The molecule has 0 bridgehead atoms. The van der Waals surface area contributed by atoms with E-state index < -0.39 is 5.97 Å². The van der Waals surface area contributed by atoms with Gasteiger partial charge in [-0.05, 0) is 41.3 Å². The van der Waals surface area contributed by atoms with Crippen molar-refractivity contribution in [2.75, 3.05) is 0 Å². The van der Waals surface area contributed by atoms with Crippen molar-refractivity contribution < 1.29 is 14.6 Å². The maximum Gasteiger partial charge on any atom is 0.338 e. The molecule has 0 unspecified atom stereocenters. The van der Waals surface area contributed by atoms with Crippen LogP contribution in [0.1, 0.15) is 6.92 Å². The number of fused-ring (bicyclic) bond motifs is 2. The van der Waals surface area contributed by atoms with Crippen molar-refractivity contribution in [2.24, 2.45) is 0 Å². The summed E-state index contributed by atoms with van der Waals surface area (Å²) in [7, 11) is 0. The fraction of sp³-hybridized carbons (Fsp3) is 0.0556. The molecule has 0 heterocycles. The SMILES string of the molecule is C=C(C)C(=O)Oc1ccc2cc3ccccc3cc2c1O. The first-order chi connectivity index (χ1) is 10.1. The van der Waals surface area contributed by atoms with Gasteiger partial charge in [0.25, 0.3) is 0 Å². The van der Waals surface area contributed by atoms with Crippen LogP contribution in [0.5, 0.6) is 11.5 Å². The lowest BCUT2D eigenvalue weighted by molar-refractivity contribution is -0.130. The summed E-state index contributed by atoms with van der Waals surface area (Å²) < 4.78 is 5.14. The molecule has 0 saturated heterocycles. The number of rotatable bonds is 2. The van der Waals surface area contributed by atoms with Crippen LogP contribution >= 0.6 is 0 Å². The van der Waals surface area contributed by atoms with Crippen LogP contribution in [0, 0.1) is 0 Å². The minimum absolute atomic E-state index is 0.0344. The van der Waals surface area contributed by atoms with Crippen molar-refractivity contribution in [3.63, 3.8) is 0 Å². The van der Waals surface area contributed by atoms with E-state index in [-0.39, 0.29) is 17.1 Å². The van der Waals surface area contributed by atoms with E-state index in [0.717, 1.165) is 16.2 Å². The van der Waals surface area contributed by atoms with Gasteiger partial charge in [0, 0.05) is 11.0 Å². The second-order valence-electron chi connectivity index (χ2n) is 5.00. The molecular formula is C18H14O3. The topological polar surface area (TPSA) is 46.5 Å². The summed E-state index contributed by atoms with van der Waals surface area (Å²) in [5.74, 6) is -0.441. The maximum absolute atomic E-state index is 11.6. The summed E-state index contributed by atoms with van der Waals surface area (Å²) in [4.78, 5) is 11.6. The fourth-order valence-corrected chi connectivity index (χ4v) is 2.25. The van der Waals surface area contributed by atoms with Crippen LogP contribution in [0.2, 0.25) is 0 Å². The van der Waals surface area contributed by atoms with Gasteiger partial charge < -0.3 is 9.84 Å². The monoisotopic (exact) mass is 278 g/mol. The van der Waals surface area contributed by atoms with Gasteiger partial charge in [0.1, 0.15) is 0 Å². The Kier molecular flexibility index (Phi) is 3.10. The molecule has 0 aromatic heterocycles. The highest BCUT2D eigenvalue weighted by Gasteiger charge is 2.12. The molecule has 0 aliphatic heterocycles. The van der Waals surface area contributed by atoms with Crippen molar-refractivity contribution in [3.05, 3.63) is 60.7 Å². The number of carbonyl (C=O) groups is 1. The largest absolute Gasteiger partial charge is 0.504 e. The zero-order chi connectivity index (χ0) is 15.0. The number of carbonyl (C=O) groups excluding carboxylic acids is 1. The van der Waals surface area contributed by atoms with E-state index in [1.165, 1.54) is 0 Å². The van der Waals surface area contributed by atoms with Crippen molar-refractivity contribution in [3.8, 4) is 11.5 Å². The van der Waals surface area contributed by atoms with Crippen LogP contribution in [0.4, 0.5) is 0 Å². The molecule has 0 atom stereocenters. The first-order valence-corrected chi connectivity index (χ1v) is 6.58. The Morgan fingerprint density at radius 2 is 1.71 bits per heavy atom. The molecule has 0 radical (unpaired) electrons. The quantitative estimate of drug-likeness (QED) is 0.331. The first-order valence-electron chi connectivity index (χ1n) is 6.58. The third-order valence-corrected chi connectivity index (χ3v) is 3.37. The molecule has 3 aromatic rings. The molecule has 0 amide bonds. The van der Waals surface area contributed by atoms with E-state index in [9.17, 15) is 9.90 Å². The molecule has 3 nitrogen and oxygen atoms in total. The highest BCUT2D eigenvalue weighted by molar-refractivity contribution is 6.02. The summed E-state index contributed by atoms with van der Waals surface area (Å²) in [6.07, 6.45) is 0. The van der Waals surface area contributed by atoms with E-state index in [4.69, 9.17) is 4.74 Å². The lowest BCUT2D eigenvalue weighted by Crippen LogP contribution is -2.08. The summed E-state index contributed by atoms with van der Waals surface area (Å²) in [6, 6.07) is 15.2. The fourth-order valence-electron chi connectivity index (χ4n) is 2.25. The molecule has 3 heteroatoms. The molecule has 0 aliphatic rings. The molecule has 0 fully saturated rings. The predicted molar refractivity (Wildman–Crippen MR) is 83.6 cm³/mol.